The summed E-state index contributed by atoms with van der Waals surface area (Å²) in [7, 11) is 0. The molecule has 0 saturated heterocycles. The van der Waals surface area contributed by atoms with Gasteiger partial charge in [0.2, 0.25) is 0 Å². The highest BCUT2D eigenvalue weighted by Gasteiger charge is 2.24. The minimum Gasteiger partial charge on any atom is -0.125 e. The van der Waals surface area contributed by atoms with Gasteiger partial charge in [0.05, 0.1) is 0 Å². The van der Waals surface area contributed by atoms with Gasteiger partial charge in [-0.2, -0.15) is 0 Å². The third-order valence-corrected chi connectivity index (χ3v) is 7.18. The lowest BCUT2D eigenvalue weighted by Crippen LogP contribution is -2.08. The van der Waals surface area contributed by atoms with Crippen molar-refractivity contribution in [3.8, 4) is 0 Å². The van der Waals surface area contributed by atoms with Gasteiger partial charge >= 0.3 is 0 Å². The van der Waals surface area contributed by atoms with Gasteiger partial charge in [0.25, 0.3) is 0 Å². The van der Waals surface area contributed by atoms with Crippen LogP contribution in [0.5, 0.6) is 0 Å². The Hall–Kier alpha value is -1.44. The van der Waals surface area contributed by atoms with Crippen LogP contribution in [0.2, 0.25) is 5.02 Å². The van der Waals surface area contributed by atoms with Crippen molar-refractivity contribution >= 4 is 44.6 Å². The average molecular weight is 365 g/mol. The first kappa shape index (κ1) is 15.8. The third-order valence-electron chi connectivity index (χ3n) is 5.76. The first-order valence-corrected chi connectivity index (χ1v) is 10.6. The molecule has 1 heterocycles. The van der Waals surface area contributed by atoms with Gasteiger partial charge < -0.3 is 0 Å². The summed E-state index contributed by atoms with van der Waals surface area (Å²) in [4.78, 5) is 1.36. The molecule has 2 aromatic rings. The summed E-state index contributed by atoms with van der Waals surface area (Å²) < 4.78 is 0. The molecule has 1 aliphatic heterocycles. The fourth-order valence-corrected chi connectivity index (χ4v) is 6.13. The van der Waals surface area contributed by atoms with E-state index in [1.165, 1.54) is 68.5 Å². The van der Waals surface area contributed by atoms with Crippen LogP contribution in [0.1, 0.15) is 47.9 Å². The zero-order valence-electron chi connectivity index (χ0n) is 14.5. The molecule has 2 aliphatic carbocycles. The Morgan fingerprint density at radius 1 is 1.08 bits per heavy atom. The molecule has 0 atom stereocenters. The molecule has 0 bridgehead atoms. The van der Waals surface area contributed by atoms with Gasteiger partial charge in [-0.05, 0) is 78.1 Å². The number of hydrogen-bond donors (Lipinski definition) is 0. The van der Waals surface area contributed by atoms with E-state index in [1.54, 1.807) is 5.57 Å². The van der Waals surface area contributed by atoms with Crippen molar-refractivity contribution in [3.05, 3.63) is 69.3 Å². The summed E-state index contributed by atoms with van der Waals surface area (Å²) in [6.07, 6.45) is 13.0. The summed E-state index contributed by atoms with van der Waals surface area (Å²) in [5, 5.41) is 3.68. The van der Waals surface area contributed by atoms with E-state index < -0.39 is 0 Å². The monoisotopic (exact) mass is 364 g/mol. The topological polar surface area (TPSA) is 0 Å². The Morgan fingerprint density at radius 3 is 2.84 bits per heavy atom. The summed E-state index contributed by atoms with van der Waals surface area (Å²) in [6.45, 7) is 2.22. The number of allylic oxidation sites excluding steroid dienone is 5. The zero-order valence-corrected chi connectivity index (χ0v) is 16.1. The van der Waals surface area contributed by atoms with Crippen LogP contribution in [0.25, 0.3) is 21.3 Å². The molecule has 0 N–H and O–H groups in total. The molecule has 126 valence electrons. The molecule has 2 heteroatoms. The van der Waals surface area contributed by atoms with Gasteiger partial charge in [0.1, 0.15) is 0 Å². The van der Waals surface area contributed by atoms with Gasteiger partial charge in [0.15, 0.2) is 0 Å². The molecule has 25 heavy (non-hydrogen) atoms. The second-order valence-electron chi connectivity index (χ2n) is 7.23. The average Bonchev–Trinajstić information content (AvgIpc) is 3.15. The predicted octanol–water partition coefficient (Wildman–Crippen LogP) is 7.33. The van der Waals surface area contributed by atoms with E-state index in [-0.39, 0.29) is 0 Å². The van der Waals surface area contributed by atoms with E-state index in [9.17, 15) is 0 Å². The lowest BCUT2D eigenvalue weighted by atomic mass is 9.78. The summed E-state index contributed by atoms with van der Waals surface area (Å²) in [5.41, 5.74) is 8.69. The molecule has 3 aliphatic rings. The molecular weight excluding hydrogens is 344 g/mol. The van der Waals surface area contributed by atoms with E-state index in [1.807, 2.05) is 11.8 Å². The zero-order chi connectivity index (χ0) is 17.0. The minimum absolute atomic E-state index is 0.902. The lowest BCUT2D eigenvalue weighted by Gasteiger charge is -2.27. The summed E-state index contributed by atoms with van der Waals surface area (Å²) >= 11 is 8.65. The van der Waals surface area contributed by atoms with Gasteiger partial charge in [0, 0.05) is 21.2 Å². The van der Waals surface area contributed by atoms with E-state index in [0.29, 0.717) is 0 Å². The second kappa shape index (κ2) is 6.07. The number of hydrogen-bond acceptors (Lipinski definition) is 1. The van der Waals surface area contributed by atoms with Crippen molar-refractivity contribution in [2.24, 2.45) is 0 Å². The van der Waals surface area contributed by atoms with Gasteiger partial charge in [-0.15, -0.1) is 11.8 Å². The van der Waals surface area contributed by atoms with Crippen molar-refractivity contribution in [1.82, 2.24) is 0 Å². The fourth-order valence-electron chi connectivity index (χ4n) is 4.65. The molecule has 0 amide bonds. The molecule has 0 nitrogen and oxygen atoms in total. The number of benzene rings is 2. The van der Waals surface area contributed by atoms with Crippen molar-refractivity contribution in [1.29, 1.82) is 0 Å². The number of rotatable bonds is 1. The number of halogens is 1. The van der Waals surface area contributed by atoms with Crippen LogP contribution in [-0.2, 0) is 6.42 Å². The maximum absolute atomic E-state index is 6.71. The molecule has 0 fully saturated rings. The highest BCUT2D eigenvalue weighted by molar-refractivity contribution is 8.08. The normalized spacial score (nSPS) is 19.2. The largest absolute Gasteiger partial charge is 0.125 e. The quantitative estimate of drug-likeness (QED) is 0.510. The van der Waals surface area contributed by atoms with Crippen LogP contribution in [0.4, 0.5) is 0 Å². The predicted molar refractivity (Wildman–Crippen MR) is 112 cm³/mol. The van der Waals surface area contributed by atoms with Crippen LogP contribution in [0.3, 0.4) is 0 Å². The molecule has 2 aromatic carbocycles. The standard InChI is InChI=1S/C23H21ClS/c1-14-13-20(24)23(21-7-4-12-25-21)19-11-10-17-16-6-3-2-5-15(16)8-9-18(17)22(14)19/h3,6-7,10-11,13H,2,4-5,8-9,12H2,1H3. The maximum atomic E-state index is 6.71. The highest BCUT2D eigenvalue weighted by Crippen LogP contribution is 2.46. The molecule has 0 spiro atoms. The number of thioether (sulfide) groups is 1. The smallest absolute Gasteiger partial charge is 0.0498 e. The number of aryl methyl sites for hydroxylation is 2. The summed E-state index contributed by atoms with van der Waals surface area (Å²) in [5.74, 6) is 1.17. The maximum Gasteiger partial charge on any atom is 0.0498 e. The van der Waals surface area contributed by atoms with Crippen LogP contribution in [0, 0.1) is 6.92 Å². The second-order valence-corrected chi connectivity index (χ2v) is 8.77. The fraction of sp³-hybridized carbons (Fsp3) is 0.304. The van der Waals surface area contributed by atoms with Gasteiger partial charge in [-0.25, -0.2) is 0 Å². The summed E-state index contributed by atoms with van der Waals surface area (Å²) in [6, 6.07) is 6.85. The first-order valence-electron chi connectivity index (χ1n) is 9.21. The van der Waals surface area contributed by atoms with Crippen molar-refractivity contribution in [2.45, 2.75) is 39.0 Å². The Balaban J connectivity index is 1.82. The molecule has 0 unspecified atom stereocenters. The van der Waals surface area contributed by atoms with Gasteiger partial charge in [-0.1, -0.05) is 47.5 Å². The van der Waals surface area contributed by atoms with Crippen LogP contribution in [0.15, 0.2) is 42.0 Å². The first-order chi connectivity index (χ1) is 12.2. The third kappa shape index (κ3) is 2.44. The molecule has 0 radical (unpaired) electrons. The van der Waals surface area contributed by atoms with Crippen molar-refractivity contribution in [2.75, 3.05) is 5.75 Å². The lowest BCUT2D eigenvalue weighted by molar-refractivity contribution is 0.831. The van der Waals surface area contributed by atoms with E-state index >= 15 is 0 Å². The van der Waals surface area contributed by atoms with E-state index in [0.717, 1.165) is 17.9 Å². The van der Waals surface area contributed by atoms with Crippen LogP contribution < -0.4 is 0 Å². The SMILES string of the molecule is Cc1cc(Cl)c(C2=CCCS2)c2ccc3c(c12)CCC1=C3C=CCC1. The molecule has 5 rings (SSSR count). The van der Waals surface area contributed by atoms with Crippen molar-refractivity contribution < 1.29 is 0 Å². The highest BCUT2D eigenvalue weighted by atomic mass is 35.5. The minimum atomic E-state index is 0.902. The van der Waals surface area contributed by atoms with Crippen molar-refractivity contribution in [3.63, 3.8) is 0 Å². The Bertz CT molecular complexity index is 991. The molecular formula is C23H21ClS. The van der Waals surface area contributed by atoms with Gasteiger partial charge in [-0.3, -0.25) is 0 Å². The molecule has 0 aromatic heterocycles. The van der Waals surface area contributed by atoms with Crippen LogP contribution >= 0.6 is 23.4 Å². The van der Waals surface area contributed by atoms with E-state index in [2.05, 4.69) is 43.4 Å². The Morgan fingerprint density at radius 2 is 2.00 bits per heavy atom. The molecule has 0 saturated carbocycles. The van der Waals surface area contributed by atoms with Crippen LogP contribution in [-0.4, -0.2) is 5.75 Å². The van der Waals surface area contributed by atoms with E-state index in [4.69, 9.17) is 11.6 Å². The Labute approximate surface area is 158 Å². The number of fused-ring (bicyclic) bond motifs is 4. The Kier molecular flexibility index (Phi) is 3.83.